The largest absolute Gasteiger partial charge is 0.480 e. The highest BCUT2D eigenvalue weighted by molar-refractivity contribution is 5.94. The van der Waals surface area contributed by atoms with Gasteiger partial charge in [0.1, 0.15) is 11.9 Å². The number of carbonyl (C=O) groups is 2. The molecule has 0 saturated carbocycles. The van der Waals surface area contributed by atoms with Crippen molar-refractivity contribution in [2.24, 2.45) is 0 Å². The molecule has 2 heterocycles. The van der Waals surface area contributed by atoms with Crippen molar-refractivity contribution in [1.82, 2.24) is 26.1 Å². The lowest BCUT2D eigenvalue weighted by Crippen LogP contribution is -2.54. The van der Waals surface area contributed by atoms with Gasteiger partial charge in [-0.05, 0) is 74.6 Å². The molecule has 2 aromatic rings. The van der Waals surface area contributed by atoms with Gasteiger partial charge < -0.3 is 15.7 Å². The minimum Gasteiger partial charge on any atom is -0.480 e. The molecule has 1 aliphatic rings. The average molecular weight is 492 g/mol. The van der Waals surface area contributed by atoms with Crippen LogP contribution in [-0.2, 0) is 16.0 Å². The van der Waals surface area contributed by atoms with Gasteiger partial charge in [-0.1, -0.05) is 37.8 Å². The Morgan fingerprint density at radius 3 is 2.81 bits per heavy atom. The van der Waals surface area contributed by atoms with Crippen molar-refractivity contribution < 1.29 is 14.7 Å². The number of carbonyl (C=O) groups excluding carboxylic acids is 1. The van der Waals surface area contributed by atoms with Crippen molar-refractivity contribution in [1.29, 1.82) is 0 Å². The van der Waals surface area contributed by atoms with Gasteiger partial charge in [0.25, 0.3) is 5.91 Å². The number of aryl methyl sites for hydroxylation is 1. The van der Waals surface area contributed by atoms with Gasteiger partial charge in [0.2, 0.25) is 0 Å². The Balaban J connectivity index is 1.46. The van der Waals surface area contributed by atoms with E-state index in [2.05, 4.69) is 64.9 Å². The first-order valence-electron chi connectivity index (χ1n) is 12.5. The average Bonchev–Trinajstić information content (AvgIpc) is 2.87. The molecule has 0 bridgehead atoms. The molecule has 3 rings (SSSR count). The van der Waals surface area contributed by atoms with Crippen LogP contribution in [0.25, 0.3) is 16.8 Å². The fourth-order valence-electron chi connectivity index (χ4n) is 4.06. The van der Waals surface area contributed by atoms with Gasteiger partial charge in [0.15, 0.2) is 0 Å². The summed E-state index contributed by atoms with van der Waals surface area (Å²) >= 11 is 0. The summed E-state index contributed by atoms with van der Waals surface area (Å²) in [6.07, 6.45) is 10.00. The predicted octanol–water partition coefficient (Wildman–Crippen LogP) is 4.12. The Morgan fingerprint density at radius 2 is 2.08 bits per heavy atom. The van der Waals surface area contributed by atoms with Gasteiger partial charge >= 0.3 is 5.97 Å². The zero-order valence-corrected chi connectivity index (χ0v) is 21.4. The molecule has 0 unspecified atom stereocenters. The summed E-state index contributed by atoms with van der Waals surface area (Å²) in [5.41, 5.74) is 6.49. The number of aliphatic carboxylic acids is 1. The third kappa shape index (κ3) is 7.42. The fraction of sp³-hybridized carbons (Fsp3) is 0.393. The molecule has 1 fully saturated rings. The maximum Gasteiger partial charge on any atom is 0.322 e. The summed E-state index contributed by atoms with van der Waals surface area (Å²) in [5.74, 6) is -0.869. The molecule has 1 amide bonds. The van der Waals surface area contributed by atoms with Crippen LogP contribution in [0.2, 0.25) is 0 Å². The van der Waals surface area contributed by atoms with Crippen LogP contribution in [-0.4, -0.2) is 46.1 Å². The molecule has 1 saturated heterocycles. The molecule has 4 N–H and O–H groups in total. The number of nitrogens with one attached hydrogen (secondary N) is 3. The molecule has 0 aliphatic carbocycles. The second kappa shape index (κ2) is 12.9. The van der Waals surface area contributed by atoms with E-state index in [1.807, 2.05) is 26.1 Å². The molecule has 1 aliphatic heterocycles. The van der Waals surface area contributed by atoms with Crippen LogP contribution in [0.1, 0.15) is 57.7 Å². The zero-order valence-electron chi connectivity index (χ0n) is 21.4. The van der Waals surface area contributed by atoms with E-state index in [1.165, 1.54) is 10.9 Å². The number of benzene rings is 1. The highest BCUT2D eigenvalue weighted by atomic mass is 16.4. The first-order chi connectivity index (χ1) is 17.3. The van der Waals surface area contributed by atoms with E-state index in [9.17, 15) is 14.7 Å². The maximum absolute atomic E-state index is 12.8. The molecular formula is C28H37N5O3. The molecule has 0 radical (unpaired) electrons. The van der Waals surface area contributed by atoms with E-state index in [1.54, 1.807) is 5.01 Å². The number of allylic oxidation sites excluding steroid dienone is 2. The van der Waals surface area contributed by atoms with Gasteiger partial charge in [-0.3, -0.25) is 19.6 Å². The third-order valence-corrected chi connectivity index (χ3v) is 6.15. The summed E-state index contributed by atoms with van der Waals surface area (Å²) in [4.78, 5) is 28.6. The molecule has 36 heavy (non-hydrogen) atoms. The minimum absolute atomic E-state index is 0.290. The predicted molar refractivity (Wildman–Crippen MR) is 144 cm³/mol. The molecule has 8 heteroatoms. The fourth-order valence-corrected chi connectivity index (χ4v) is 4.06. The maximum atomic E-state index is 12.8. The van der Waals surface area contributed by atoms with Crippen molar-refractivity contribution in [3.63, 3.8) is 0 Å². The van der Waals surface area contributed by atoms with Gasteiger partial charge in [-0.25, -0.2) is 5.43 Å². The summed E-state index contributed by atoms with van der Waals surface area (Å²) < 4.78 is 0. The quantitative estimate of drug-likeness (QED) is 0.277. The number of hydrogen-bond donors (Lipinski definition) is 4. The van der Waals surface area contributed by atoms with Crippen LogP contribution in [0, 0.1) is 0 Å². The second-order valence-electron chi connectivity index (χ2n) is 9.21. The molecule has 1 aromatic heterocycles. The van der Waals surface area contributed by atoms with Crippen LogP contribution >= 0.6 is 0 Å². The van der Waals surface area contributed by atoms with Crippen LogP contribution in [0.3, 0.4) is 0 Å². The van der Waals surface area contributed by atoms with Crippen LogP contribution in [0.4, 0.5) is 0 Å². The van der Waals surface area contributed by atoms with Gasteiger partial charge in [0, 0.05) is 24.7 Å². The van der Waals surface area contributed by atoms with Crippen molar-refractivity contribution in [2.75, 3.05) is 13.1 Å². The van der Waals surface area contributed by atoms with Crippen molar-refractivity contribution in [3.05, 3.63) is 71.5 Å². The highest BCUT2D eigenvalue weighted by Gasteiger charge is 2.26. The number of hydrazine groups is 1. The number of fused-ring (bicyclic) bond motifs is 1. The number of carboxylic acids is 1. The van der Waals surface area contributed by atoms with E-state index in [-0.39, 0.29) is 5.91 Å². The van der Waals surface area contributed by atoms with E-state index in [0.717, 1.165) is 35.9 Å². The summed E-state index contributed by atoms with van der Waals surface area (Å²) in [6, 6.07) is 7.90. The molecule has 1 aromatic carbocycles. The van der Waals surface area contributed by atoms with E-state index in [4.69, 9.17) is 0 Å². The van der Waals surface area contributed by atoms with Crippen molar-refractivity contribution in [2.45, 2.75) is 58.9 Å². The van der Waals surface area contributed by atoms with Crippen molar-refractivity contribution >= 4 is 28.7 Å². The first kappa shape index (κ1) is 26.9. The van der Waals surface area contributed by atoms with E-state index >= 15 is 0 Å². The molecule has 0 spiro atoms. The number of hydrogen-bond acceptors (Lipinski definition) is 6. The standard InChI is InChI=1S/C28H37N5O3/c1-5-21-12-13-22-18-30-24(17-23(22)16-21)10-7-6-8-14-29-26(19(2)3)27(34)31-20(4)33-15-9-11-25(32-33)28(35)36/h7,10,12-13,16-18,25,29,32H,4-6,8-9,11,14-15H2,1-3H3,(H,31,34)(H,35,36)/b10-7+/t25-/m0/s1. The minimum atomic E-state index is -0.915. The van der Waals surface area contributed by atoms with Crippen molar-refractivity contribution in [3.8, 4) is 0 Å². The summed E-state index contributed by atoms with van der Waals surface area (Å²) in [7, 11) is 0. The highest BCUT2D eigenvalue weighted by Crippen LogP contribution is 2.17. The number of nitrogens with zero attached hydrogens (tertiary/aromatic N) is 2. The van der Waals surface area contributed by atoms with Crippen LogP contribution in [0.5, 0.6) is 0 Å². The number of unbranched alkanes of at least 4 members (excludes halogenated alkanes) is 1. The number of aromatic nitrogens is 1. The Bertz CT molecular complexity index is 1170. The topological polar surface area (TPSA) is 107 Å². The van der Waals surface area contributed by atoms with E-state index in [0.29, 0.717) is 37.4 Å². The summed E-state index contributed by atoms with van der Waals surface area (Å²) in [6.45, 7) is 11.0. The Morgan fingerprint density at radius 1 is 1.28 bits per heavy atom. The first-order valence-corrected chi connectivity index (χ1v) is 12.5. The molecule has 8 nitrogen and oxygen atoms in total. The number of pyridine rings is 1. The number of carboxylic acid groups (broad SMARTS) is 1. The monoisotopic (exact) mass is 491 g/mol. The van der Waals surface area contributed by atoms with Crippen LogP contribution in [0.15, 0.2) is 60.2 Å². The Labute approximate surface area is 213 Å². The SMILES string of the molecule is C=C(NC(=O)C(NCCC/C=C/c1cc2cc(CC)ccc2cn1)=C(C)C)N1CCC[C@@H](C(=O)O)N1. The normalized spacial score (nSPS) is 15.6. The lowest BCUT2D eigenvalue weighted by molar-refractivity contribution is -0.142. The Hall–Kier alpha value is -3.65. The lowest BCUT2D eigenvalue weighted by atomic mass is 10.1. The number of amides is 1. The van der Waals surface area contributed by atoms with Gasteiger partial charge in [0.05, 0.1) is 11.4 Å². The Kier molecular flexibility index (Phi) is 9.64. The van der Waals surface area contributed by atoms with Gasteiger partial charge in [-0.2, -0.15) is 0 Å². The van der Waals surface area contributed by atoms with E-state index < -0.39 is 12.0 Å². The van der Waals surface area contributed by atoms with Gasteiger partial charge in [-0.15, -0.1) is 0 Å². The smallest absolute Gasteiger partial charge is 0.322 e. The molecule has 1 atom stereocenters. The molecule has 192 valence electrons. The zero-order chi connectivity index (χ0) is 26.1. The molecular weight excluding hydrogens is 454 g/mol. The third-order valence-electron chi connectivity index (χ3n) is 6.15. The summed E-state index contributed by atoms with van der Waals surface area (Å²) in [5, 5.41) is 19.2. The number of rotatable bonds is 11. The second-order valence-corrected chi connectivity index (χ2v) is 9.21. The lowest BCUT2D eigenvalue weighted by Gasteiger charge is -2.34. The van der Waals surface area contributed by atoms with Crippen LogP contribution < -0.4 is 16.1 Å².